The number of hydrogen-bond donors (Lipinski definition) is 1. The first-order chi connectivity index (χ1) is 11.1. The lowest BCUT2D eigenvalue weighted by atomic mass is 9.98. The van der Waals surface area contributed by atoms with Gasteiger partial charge in [0.05, 0.1) is 0 Å². The number of likely N-dealkylation sites (tertiary alicyclic amines) is 1. The first kappa shape index (κ1) is 22.0. The third-order valence-electron chi connectivity index (χ3n) is 5.22. The van der Waals surface area contributed by atoms with Crippen LogP contribution in [0.25, 0.3) is 0 Å². The lowest BCUT2D eigenvalue weighted by Crippen LogP contribution is -2.42. The van der Waals surface area contributed by atoms with Crippen molar-refractivity contribution in [3.8, 4) is 0 Å². The van der Waals surface area contributed by atoms with Gasteiger partial charge in [-0.15, -0.1) is 24.8 Å². The summed E-state index contributed by atoms with van der Waals surface area (Å²) in [6, 6.07) is 0.295. The molecule has 0 radical (unpaired) electrons. The molecule has 7 heteroatoms. The third kappa shape index (κ3) is 5.73. The van der Waals surface area contributed by atoms with Gasteiger partial charge in [-0.25, -0.2) is 4.98 Å². The second-order valence-electron chi connectivity index (χ2n) is 7.11. The second-order valence-corrected chi connectivity index (χ2v) is 7.11. The van der Waals surface area contributed by atoms with Crippen molar-refractivity contribution < 1.29 is 4.79 Å². The molecule has 2 atom stereocenters. The number of nitrogens with one attached hydrogen (secondary N) is 1. The summed E-state index contributed by atoms with van der Waals surface area (Å²) in [6.07, 6.45) is 8.44. The van der Waals surface area contributed by atoms with E-state index in [0.29, 0.717) is 18.5 Å². The maximum Gasteiger partial charge on any atom is 0.240 e. The van der Waals surface area contributed by atoms with E-state index < -0.39 is 0 Å². The Morgan fingerprint density at radius 1 is 1.32 bits per heavy atom. The lowest BCUT2D eigenvalue weighted by Gasteiger charge is -2.20. The molecule has 0 unspecified atom stereocenters. The van der Waals surface area contributed by atoms with Gasteiger partial charge in [-0.1, -0.05) is 11.6 Å². The average molecular weight is 389 g/mol. The average Bonchev–Trinajstić information content (AvgIpc) is 3.18. The highest BCUT2D eigenvalue weighted by Gasteiger charge is 2.42. The molecule has 5 nitrogen and oxygen atoms in total. The van der Waals surface area contributed by atoms with Gasteiger partial charge in [-0.05, 0) is 45.4 Å². The van der Waals surface area contributed by atoms with Gasteiger partial charge in [0, 0.05) is 38.1 Å². The number of aromatic nitrogens is 2. The van der Waals surface area contributed by atoms with Crippen LogP contribution in [0.3, 0.4) is 0 Å². The molecule has 2 fully saturated rings. The van der Waals surface area contributed by atoms with Crippen molar-refractivity contribution in [2.24, 2.45) is 11.8 Å². The summed E-state index contributed by atoms with van der Waals surface area (Å²) in [6.45, 7) is 9.68. The Morgan fingerprint density at radius 3 is 2.60 bits per heavy atom. The van der Waals surface area contributed by atoms with Gasteiger partial charge in [0.25, 0.3) is 0 Å². The molecule has 0 aromatic carbocycles. The number of allylic oxidation sites excluding steroid dienone is 1. The highest BCUT2D eigenvalue weighted by Crippen LogP contribution is 2.41. The maximum absolute atomic E-state index is 12.4. The molecule has 1 aliphatic heterocycles. The molecule has 2 aliphatic rings. The fourth-order valence-electron chi connectivity index (χ4n) is 3.62. The molecule has 1 N–H and O–H groups in total. The molecule has 0 bridgehead atoms. The van der Waals surface area contributed by atoms with Crippen molar-refractivity contribution >= 4 is 30.7 Å². The number of aryl methyl sites for hydroxylation is 1. The molecule has 2 heterocycles. The van der Waals surface area contributed by atoms with Crippen molar-refractivity contribution in [2.45, 2.75) is 46.2 Å². The van der Waals surface area contributed by atoms with Crippen molar-refractivity contribution in [1.82, 2.24) is 19.8 Å². The number of carbonyl (C=O) groups is 1. The quantitative estimate of drug-likeness (QED) is 0.762. The van der Waals surface area contributed by atoms with E-state index >= 15 is 0 Å². The SMILES string of the molecule is CC=C(C)CN1C[C@H](NC(=O)Cn2ccnc2C)[C@@H](C2CC2)C1.Cl.Cl. The van der Waals surface area contributed by atoms with E-state index in [1.165, 1.54) is 18.4 Å². The summed E-state index contributed by atoms with van der Waals surface area (Å²) in [5, 5.41) is 3.29. The van der Waals surface area contributed by atoms with Crippen LogP contribution in [-0.4, -0.2) is 46.0 Å². The molecule has 1 amide bonds. The molecule has 1 aliphatic carbocycles. The lowest BCUT2D eigenvalue weighted by molar-refractivity contribution is -0.122. The van der Waals surface area contributed by atoms with Gasteiger partial charge in [0.1, 0.15) is 12.4 Å². The molecule has 1 aromatic heterocycles. The third-order valence-corrected chi connectivity index (χ3v) is 5.22. The number of hydrogen-bond acceptors (Lipinski definition) is 3. The first-order valence-electron chi connectivity index (χ1n) is 8.68. The van der Waals surface area contributed by atoms with E-state index in [9.17, 15) is 4.79 Å². The van der Waals surface area contributed by atoms with E-state index in [0.717, 1.165) is 31.4 Å². The predicted molar refractivity (Wildman–Crippen MR) is 105 cm³/mol. The highest BCUT2D eigenvalue weighted by atomic mass is 35.5. The minimum atomic E-state index is 0. The number of imidazole rings is 1. The number of nitrogens with zero attached hydrogens (tertiary/aromatic N) is 3. The summed E-state index contributed by atoms with van der Waals surface area (Å²) in [4.78, 5) is 19.1. The van der Waals surface area contributed by atoms with Crippen LogP contribution in [0.1, 0.15) is 32.5 Å². The van der Waals surface area contributed by atoms with E-state index in [-0.39, 0.29) is 30.7 Å². The molecule has 1 saturated heterocycles. The standard InChI is InChI=1S/C18H28N4O.2ClH/c1-4-13(2)9-21-10-16(15-5-6-15)17(11-21)20-18(23)12-22-8-7-19-14(22)3;;/h4,7-8,15-17H,5-6,9-12H2,1-3H3,(H,20,23);2*1H/t16-,17+;;/m1../s1. The Bertz CT molecular complexity index is 598. The number of amides is 1. The van der Waals surface area contributed by atoms with Crippen molar-refractivity contribution in [1.29, 1.82) is 0 Å². The van der Waals surface area contributed by atoms with E-state index in [1.54, 1.807) is 6.20 Å². The minimum absolute atomic E-state index is 0. The largest absolute Gasteiger partial charge is 0.350 e. The number of carbonyl (C=O) groups excluding carboxylic acids is 1. The van der Waals surface area contributed by atoms with Crippen LogP contribution >= 0.6 is 24.8 Å². The molecule has 0 spiro atoms. The summed E-state index contributed by atoms with van der Waals surface area (Å²) in [7, 11) is 0. The monoisotopic (exact) mass is 388 g/mol. The van der Waals surface area contributed by atoms with Gasteiger partial charge >= 0.3 is 0 Å². The fourth-order valence-corrected chi connectivity index (χ4v) is 3.62. The molecule has 3 rings (SSSR count). The van der Waals surface area contributed by atoms with Crippen LogP contribution in [0.5, 0.6) is 0 Å². The summed E-state index contributed by atoms with van der Waals surface area (Å²) >= 11 is 0. The van der Waals surface area contributed by atoms with Crippen LogP contribution in [0.4, 0.5) is 0 Å². The first-order valence-corrected chi connectivity index (χ1v) is 8.68. The topological polar surface area (TPSA) is 50.2 Å². The van der Waals surface area contributed by atoms with E-state index in [1.807, 2.05) is 17.7 Å². The smallest absolute Gasteiger partial charge is 0.240 e. The molecule has 25 heavy (non-hydrogen) atoms. The predicted octanol–water partition coefficient (Wildman–Crippen LogP) is 2.83. The Balaban J connectivity index is 0.00000156. The van der Waals surface area contributed by atoms with Gasteiger partial charge in [-0.3, -0.25) is 9.69 Å². The van der Waals surface area contributed by atoms with Gasteiger partial charge in [0.2, 0.25) is 5.91 Å². The summed E-state index contributed by atoms with van der Waals surface area (Å²) in [5.41, 5.74) is 1.40. The molecule has 142 valence electrons. The zero-order chi connectivity index (χ0) is 16.4. The Kier molecular flexibility index (Phi) is 8.45. The fraction of sp³-hybridized carbons (Fsp3) is 0.667. The van der Waals surface area contributed by atoms with E-state index in [2.05, 4.69) is 35.1 Å². The molecule has 1 saturated carbocycles. The number of halogens is 2. The normalized spacial score (nSPS) is 23.7. The Morgan fingerprint density at radius 2 is 2.04 bits per heavy atom. The van der Waals surface area contributed by atoms with Crippen LogP contribution in [-0.2, 0) is 11.3 Å². The summed E-state index contributed by atoms with van der Waals surface area (Å²) < 4.78 is 1.90. The van der Waals surface area contributed by atoms with Crippen LogP contribution in [0.15, 0.2) is 24.0 Å². The minimum Gasteiger partial charge on any atom is -0.350 e. The second kappa shape index (κ2) is 9.60. The summed E-state index contributed by atoms with van der Waals surface area (Å²) in [5.74, 6) is 2.42. The Hall–Kier alpha value is -1.04. The van der Waals surface area contributed by atoms with Crippen LogP contribution < -0.4 is 5.32 Å². The van der Waals surface area contributed by atoms with E-state index in [4.69, 9.17) is 0 Å². The van der Waals surface area contributed by atoms with Crippen LogP contribution in [0.2, 0.25) is 0 Å². The molecule has 1 aromatic rings. The zero-order valence-corrected chi connectivity index (χ0v) is 16.9. The molecular formula is C18H30Cl2N4O. The van der Waals surface area contributed by atoms with Crippen molar-refractivity contribution in [2.75, 3.05) is 19.6 Å². The number of rotatable bonds is 6. The van der Waals surface area contributed by atoms with Crippen LogP contribution in [0, 0.1) is 18.8 Å². The van der Waals surface area contributed by atoms with Gasteiger partial charge in [0.15, 0.2) is 0 Å². The Labute approximate surface area is 163 Å². The maximum atomic E-state index is 12.4. The molecular weight excluding hydrogens is 359 g/mol. The zero-order valence-electron chi connectivity index (χ0n) is 15.3. The van der Waals surface area contributed by atoms with Gasteiger partial charge < -0.3 is 9.88 Å². The highest BCUT2D eigenvalue weighted by molar-refractivity contribution is 5.85. The van der Waals surface area contributed by atoms with Gasteiger partial charge in [-0.2, -0.15) is 0 Å². The van der Waals surface area contributed by atoms with Crippen molar-refractivity contribution in [3.05, 3.63) is 29.9 Å². The van der Waals surface area contributed by atoms with Crippen molar-refractivity contribution in [3.63, 3.8) is 0 Å².